The molecule has 0 spiro atoms. The van der Waals surface area contributed by atoms with E-state index in [2.05, 4.69) is 15.0 Å². The van der Waals surface area contributed by atoms with Crippen molar-refractivity contribution < 1.29 is 17.6 Å². The molecule has 0 N–H and O–H groups in total. The minimum absolute atomic E-state index is 0.155. The number of benzene rings is 1. The van der Waals surface area contributed by atoms with Crippen molar-refractivity contribution in [3.63, 3.8) is 0 Å². The topological polar surface area (TPSA) is 43.1 Å². The molecule has 3 heterocycles. The van der Waals surface area contributed by atoms with E-state index in [1.54, 1.807) is 36.5 Å². The Morgan fingerprint density at radius 1 is 0.885 bits per heavy atom. The first kappa shape index (κ1) is 16.2. The van der Waals surface area contributed by atoms with Crippen LogP contribution in [-0.4, -0.2) is 19.4 Å². The second kappa shape index (κ2) is 5.91. The van der Waals surface area contributed by atoms with Crippen molar-refractivity contribution in [2.45, 2.75) is 6.18 Å². The fourth-order valence-electron chi connectivity index (χ4n) is 2.68. The molecule has 0 saturated carbocycles. The lowest BCUT2D eigenvalue weighted by molar-refractivity contribution is -0.141. The van der Waals surface area contributed by atoms with Crippen molar-refractivity contribution in [3.05, 3.63) is 72.6 Å². The van der Waals surface area contributed by atoms with Crippen molar-refractivity contribution in [2.75, 3.05) is 0 Å². The normalized spacial score (nSPS) is 11.8. The van der Waals surface area contributed by atoms with Gasteiger partial charge in [0.15, 0.2) is 0 Å². The van der Waals surface area contributed by atoms with E-state index in [0.717, 1.165) is 6.07 Å². The van der Waals surface area contributed by atoms with Crippen LogP contribution in [0, 0.1) is 5.82 Å². The van der Waals surface area contributed by atoms with Gasteiger partial charge in [0, 0.05) is 23.5 Å². The fraction of sp³-hybridized carbons (Fsp3) is 0.0556. The van der Waals surface area contributed by atoms with Crippen LogP contribution in [0.25, 0.3) is 28.3 Å². The third-order valence-electron chi connectivity index (χ3n) is 3.89. The Morgan fingerprint density at radius 3 is 2.42 bits per heavy atom. The molecule has 26 heavy (non-hydrogen) atoms. The lowest BCUT2D eigenvalue weighted by Gasteiger charge is -2.09. The van der Waals surface area contributed by atoms with Gasteiger partial charge in [-0.1, -0.05) is 12.1 Å². The molecule has 0 saturated heterocycles. The Kier molecular flexibility index (Phi) is 3.68. The van der Waals surface area contributed by atoms with Crippen LogP contribution in [0.4, 0.5) is 17.6 Å². The molecule has 4 nitrogen and oxygen atoms in total. The molecule has 130 valence electrons. The number of fused-ring (bicyclic) bond motifs is 1. The molecule has 8 heteroatoms. The van der Waals surface area contributed by atoms with E-state index in [1.165, 1.54) is 22.9 Å². The van der Waals surface area contributed by atoms with Gasteiger partial charge in [0.25, 0.3) is 0 Å². The molecule has 0 aliphatic rings. The molecular weight excluding hydrogens is 348 g/mol. The predicted molar refractivity (Wildman–Crippen MR) is 86.6 cm³/mol. The first-order valence-electron chi connectivity index (χ1n) is 7.57. The Bertz CT molecular complexity index is 1090. The average molecular weight is 358 g/mol. The Morgan fingerprint density at radius 2 is 1.69 bits per heavy atom. The van der Waals surface area contributed by atoms with Crippen molar-refractivity contribution in [3.8, 4) is 22.5 Å². The second-order valence-electron chi connectivity index (χ2n) is 5.51. The molecule has 0 aliphatic heterocycles. The minimum atomic E-state index is -4.57. The van der Waals surface area contributed by atoms with Crippen molar-refractivity contribution in [1.29, 1.82) is 0 Å². The highest BCUT2D eigenvalue weighted by Gasteiger charge is 2.33. The molecular formula is C18H10F4N4. The van der Waals surface area contributed by atoms with E-state index in [1.807, 2.05) is 0 Å². The van der Waals surface area contributed by atoms with Crippen LogP contribution in [-0.2, 0) is 6.18 Å². The van der Waals surface area contributed by atoms with Gasteiger partial charge >= 0.3 is 6.18 Å². The highest BCUT2D eigenvalue weighted by atomic mass is 19.4. The maximum atomic E-state index is 15.0. The van der Waals surface area contributed by atoms with Crippen LogP contribution in [0.1, 0.15) is 5.69 Å². The smallest absolute Gasteiger partial charge is 0.284 e. The number of rotatable bonds is 2. The maximum absolute atomic E-state index is 15.0. The minimum Gasteiger partial charge on any atom is -0.284 e. The first-order chi connectivity index (χ1) is 12.4. The first-order valence-corrected chi connectivity index (χ1v) is 7.57. The van der Waals surface area contributed by atoms with Gasteiger partial charge in [0.05, 0.1) is 17.6 Å². The zero-order chi connectivity index (χ0) is 18.3. The van der Waals surface area contributed by atoms with Crippen LogP contribution in [0.3, 0.4) is 0 Å². The number of imidazole rings is 1. The van der Waals surface area contributed by atoms with Crippen molar-refractivity contribution in [1.82, 2.24) is 19.4 Å². The summed E-state index contributed by atoms with van der Waals surface area (Å²) in [6.45, 7) is 0. The molecule has 4 aromatic rings. The zero-order valence-electron chi connectivity index (χ0n) is 13.1. The van der Waals surface area contributed by atoms with Gasteiger partial charge in [-0.25, -0.2) is 14.4 Å². The van der Waals surface area contributed by atoms with Gasteiger partial charge in [-0.3, -0.25) is 9.38 Å². The Balaban J connectivity index is 1.86. The van der Waals surface area contributed by atoms with Gasteiger partial charge in [0.1, 0.15) is 11.5 Å². The number of alkyl halides is 3. The summed E-state index contributed by atoms with van der Waals surface area (Å²) in [6.07, 6.45) is -0.542. The Hall–Kier alpha value is -3.29. The van der Waals surface area contributed by atoms with Crippen LogP contribution in [0.2, 0.25) is 0 Å². The molecule has 0 amide bonds. The van der Waals surface area contributed by atoms with E-state index in [0.29, 0.717) is 11.4 Å². The molecule has 3 aromatic heterocycles. The van der Waals surface area contributed by atoms with E-state index in [4.69, 9.17) is 0 Å². The van der Waals surface area contributed by atoms with Gasteiger partial charge < -0.3 is 0 Å². The number of hydrogen-bond donors (Lipinski definition) is 0. The predicted octanol–water partition coefficient (Wildman–Crippen LogP) is 4.62. The molecule has 0 radical (unpaired) electrons. The highest BCUT2D eigenvalue weighted by molar-refractivity contribution is 5.71. The van der Waals surface area contributed by atoms with Gasteiger partial charge in [-0.2, -0.15) is 13.2 Å². The Labute approximate surface area is 144 Å². The van der Waals surface area contributed by atoms with Crippen LogP contribution >= 0.6 is 0 Å². The summed E-state index contributed by atoms with van der Waals surface area (Å²) in [7, 11) is 0. The van der Waals surface area contributed by atoms with E-state index in [-0.39, 0.29) is 16.9 Å². The molecule has 0 aliphatic carbocycles. The molecule has 4 rings (SSSR count). The largest absolute Gasteiger partial charge is 0.433 e. The molecule has 0 bridgehead atoms. The summed E-state index contributed by atoms with van der Waals surface area (Å²) in [6, 6.07) is 10.7. The van der Waals surface area contributed by atoms with Crippen LogP contribution < -0.4 is 0 Å². The monoisotopic (exact) mass is 358 g/mol. The van der Waals surface area contributed by atoms with Gasteiger partial charge in [0.2, 0.25) is 5.78 Å². The van der Waals surface area contributed by atoms with E-state index in [9.17, 15) is 13.2 Å². The van der Waals surface area contributed by atoms with Gasteiger partial charge in [-0.15, -0.1) is 0 Å². The van der Waals surface area contributed by atoms with E-state index < -0.39 is 17.7 Å². The maximum Gasteiger partial charge on any atom is 0.433 e. The highest BCUT2D eigenvalue weighted by Crippen LogP contribution is 2.32. The third-order valence-corrected chi connectivity index (χ3v) is 3.89. The number of pyridine rings is 1. The van der Waals surface area contributed by atoms with Crippen LogP contribution in [0.5, 0.6) is 0 Å². The summed E-state index contributed by atoms with van der Waals surface area (Å²) >= 11 is 0. The lowest BCUT2D eigenvalue weighted by atomic mass is 10.0. The summed E-state index contributed by atoms with van der Waals surface area (Å²) in [5.74, 6) is -0.689. The third kappa shape index (κ3) is 2.69. The van der Waals surface area contributed by atoms with E-state index >= 15 is 4.39 Å². The summed E-state index contributed by atoms with van der Waals surface area (Å²) in [4.78, 5) is 11.5. The second-order valence-corrected chi connectivity index (χ2v) is 5.51. The zero-order valence-corrected chi connectivity index (χ0v) is 13.1. The number of hydrogen-bond acceptors (Lipinski definition) is 3. The molecule has 0 unspecified atom stereocenters. The van der Waals surface area contributed by atoms with Crippen molar-refractivity contribution in [2.24, 2.45) is 0 Å². The number of halogens is 4. The van der Waals surface area contributed by atoms with Crippen molar-refractivity contribution >= 4 is 5.78 Å². The summed E-state index contributed by atoms with van der Waals surface area (Å²) in [5, 5.41) is 0. The average Bonchev–Trinajstić information content (AvgIpc) is 3.05. The molecule has 0 atom stereocenters. The summed E-state index contributed by atoms with van der Waals surface area (Å²) < 4.78 is 54.7. The number of aromatic nitrogens is 4. The standard InChI is InChI=1S/C18H10F4N4/c19-16-11(13-6-1-2-8-23-13)4-3-5-12(16)14-10-24-17-25-15(18(20,21)22)7-9-26(14)17/h1-10H. The fourth-order valence-corrected chi connectivity index (χ4v) is 2.68. The quantitative estimate of drug-likeness (QED) is 0.491. The number of nitrogens with zero attached hydrogens (tertiary/aromatic N) is 4. The lowest BCUT2D eigenvalue weighted by Crippen LogP contribution is -2.09. The SMILES string of the molecule is Fc1c(-c2ccccn2)cccc1-c1cnc2nc(C(F)(F)F)ccn12. The van der Waals surface area contributed by atoms with Gasteiger partial charge in [-0.05, 0) is 30.3 Å². The molecule has 0 fully saturated rings. The summed E-state index contributed by atoms with van der Waals surface area (Å²) in [5.41, 5.74) is 0.194. The molecule has 1 aromatic carbocycles. The van der Waals surface area contributed by atoms with Crippen LogP contribution in [0.15, 0.2) is 61.1 Å².